The van der Waals surface area contributed by atoms with Crippen molar-refractivity contribution in [3.05, 3.63) is 103 Å². The predicted molar refractivity (Wildman–Crippen MR) is 123 cm³/mol. The summed E-state index contributed by atoms with van der Waals surface area (Å²) in [5.41, 5.74) is 0.556. The molecule has 0 aliphatic heterocycles. The van der Waals surface area contributed by atoms with Gasteiger partial charge in [-0.1, -0.05) is 58.7 Å². The maximum atomic E-state index is 12.9. The van der Waals surface area contributed by atoms with Gasteiger partial charge >= 0.3 is 6.18 Å². The Morgan fingerprint density at radius 3 is 2.58 bits per heavy atom. The topological polar surface area (TPSA) is 64.7 Å². The van der Waals surface area contributed by atoms with Crippen LogP contribution in [0, 0.1) is 10.1 Å². The molecule has 172 valence electrons. The molecule has 5 nitrogen and oxygen atoms in total. The number of nitro benzene ring substituents is 1. The van der Waals surface area contributed by atoms with Crippen LogP contribution < -0.4 is 0 Å². The van der Waals surface area contributed by atoms with Gasteiger partial charge in [0, 0.05) is 33.0 Å². The highest BCUT2D eigenvalue weighted by molar-refractivity contribution is 7.98. The molecule has 0 amide bonds. The molecule has 0 spiro atoms. The van der Waals surface area contributed by atoms with Crippen LogP contribution in [-0.4, -0.2) is 11.1 Å². The lowest BCUT2D eigenvalue weighted by molar-refractivity contribution is -0.387. The lowest BCUT2D eigenvalue weighted by atomic mass is 10.1. The van der Waals surface area contributed by atoms with Crippen LogP contribution in [0.4, 0.5) is 18.9 Å². The fraction of sp³-hybridized carbons (Fsp3) is 0.136. The van der Waals surface area contributed by atoms with E-state index in [2.05, 4.69) is 5.16 Å². The van der Waals surface area contributed by atoms with Gasteiger partial charge in [0.2, 0.25) is 0 Å². The van der Waals surface area contributed by atoms with Crippen molar-refractivity contribution < 1.29 is 22.9 Å². The summed E-state index contributed by atoms with van der Waals surface area (Å²) in [6, 6.07) is 14.2. The molecule has 0 heterocycles. The molecule has 11 heteroatoms. The fourth-order valence-corrected chi connectivity index (χ4v) is 4.13. The van der Waals surface area contributed by atoms with E-state index in [9.17, 15) is 23.3 Å². The molecular weight excluding hydrogens is 500 g/mol. The van der Waals surface area contributed by atoms with Crippen molar-refractivity contribution in [3.63, 3.8) is 0 Å². The first-order valence-corrected chi connectivity index (χ1v) is 11.0. The average Bonchev–Trinajstić information content (AvgIpc) is 2.76. The molecule has 3 aromatic rings. The lowest BCUT2D eigenvalue weighted by Crippen LogP contribution is -2.04. The van der Waals surface area contributed by atoms with E-state index in [1.54, 1.807) is 30.3 Å². The van der Waals surface area contributed by atoms with Crippen LogP contribution in [0.15, 0.2) is 70.7 Å². The van der Waals surface area contributed by atoms with Crippen LogP contribution >= 0.6 is 35.0 Å². The highest BCUT2D eigenvalue weighted by Gasteiger charge is 2.30. The molecule has 0 atom stereocenters. The van der Waals surface area contributed by atoms with Crippen molar-refractivity contribution in [1.29, 1.82) is 0 Å². The van der Waals surface area contributed by atoms with E-state index in [4.69, 9.17) is 28.0 Å². The zero-order chi connectivity index (χ0) is 24.0. The molecule has 0 bridgehead atoms. The van der Waals surface area contributed by atoms with Crippen molar-refractivity contribution >= 4 is 46.9 Å². The van der Waals surface area contributed by atoms with Gasteiger partial charge in [-0.25, -0.2) is 0 Å². The zero-order valence-electron chi connectivity index (χ0n) is 16.7. The van der Waals surface area contributed by atoms with E-state index < -0.39 is 16.7 Å². The van der Waals surface area contributed by atoms with Crippen LogP contribution in [0.1, 0.15) is 22.3 Å². The first kappa shape index (κ1) is 24.9. The summed E-state index contributed by atoms with van der Waals surface area (Å²) >= 11 is 13.0. The number of thioether (sulfide) groups is 1. The van der Waals surface area contributed by atoms with E-state index in [1.165, 1.54) is 24.4 Å². The van der Waals surface area contributed by atoms with E-state index in [0.29, 0.717) is 31.6 Å². The maximum Gasteiger partial charge on any atom is 0.416 e. The van der Waals surface area contributed by atoms with Crippen LogP contribution in [0.2, 0.25) is 10.0 Å². The minimum Gasteiger partial charge on any atom is -0.391 e. The molecule has 0 aliphatic carbocycles. The minimum absolute atomic E-state index is 0.0829. The third kappa shape index (κ3) is 7.12. The number of benzene rings is 3. The van der Waals surface area contributed by atoms with Crippen molar-refractivity contribution in [1.82, 2.24) is 0 Å². The quantitative estimate of drug-likeness (QED) is 0.133. The van der Waals surface area contributed by atoms with E-state index in [0.717, 1.165) is 23.9 Å². The van der Waals surface area contributed by atoms with Crippen LogP contribution in [0.5, 0.6) is 0 Å². The zero-order valence-corrected chi connectivity index (χ0v) is 19.0. The molecular formula is C22H15Cl2F3N2O3S. The summed E-state index contributed by atoms with van der Waals surface area (Å²) < 4.78 is 38.6. The van der Waals surface area contributed by atoms with Gasteiger partial charge in [-0.15, -0.1) is 11.8 Å². The second-order valence-corrected chi connectivity index (χ2v) is 8.58. The Morgan fingerprint density at radius 2 is 1.88 bits per heavy atom. The molecule has 0 unspecified atom stereocenters. The number of alkyl halides is 3. The maximum absolute atomic E-state index is 12.9. The second-order valence-electron chi connectivity index (χ2n) is 6.71. The monoisotopic (exact) mass is 514 g/mol. The van der Waals surface area contributed by atoms with Crippen molar-refractivity contribution in [3.8, 4) is 0 Å². The number of halogens is 5. The molecule has 0 N–H and O–H groups in total. The summed E-state index contributed by atoms with van der Waals surface area (Å²) in [6.07, 6.45) is -3.13. The van der Waals surface area contributed by atoms with Crippen molar-refractivity contribution in [2.45, 2.75) is 23.4 Å². The third-order valence-electron chi connectivity index (χ3n) is 4.34. The number of oxime groups is 1. The number of rotatable bonds is 8. The van der Waals surface area contributed by atoms with Crippen molar-refractivity contribution in [2.24, 2.45) is 5.16 Å². The number of nitrogens with zero attached hydrogens (tertiary/aromatic N) is 2. The number of hydrogen-bond donors (Lipinski definition) is 0. The molecule has 0 fully saturated rings. The fourth-order valence-electron chi connectivity index (χ4n) is 2.72. The van der Waals surface area contributed by atoms with Crippen LogP contribution in [0.3, 0.4) is 0 Å². The van der Waals surface area contributed by atoms with Gasteiger partial charge < -0.3 is 4.84 Å². The Bertz CT molecular complexity index is 1190. The molecule has 3 rings (SSSR count). The summed E-state index contributed by atoms with van der Waals surface area (Å²) in [6.45, 7) is 0.0829. The van der Waals surface area contributed by atoms with Crippen LogP contribution in [-0.2, 0) is 23.4 Å². The highest BCUT2D eigenvalue weighted by Crippen LogP contribution is 2.34. The molecule has 33 heavy (non-hydrogen) atoms. The third-order valence-corrected chi connectivity index (χ3v) is 6.06. The van der Waals surface area contributed by atoms with Gasteiger partial charge in [0.05, 0.1) is 21.6 Å². The van der Waals surface area contributed by atoms with E-state index in [-0.39, 0.29) is 18.0 Å². The van der Waals surface area contributed by atoms with Crippen molar-refractivity contribution in [2.75, 3.05) is 0 Å². The first-order valence-electron chi connectivity index (χ1n) is 9.30. The molecule has 0 aliphatic rings. The van der Waals surface area contributed by atoms with E-state index in [1.807, 2.05) is 0 Å². The molecule has 0 aromatic heterocycles. The first-order chi connectivity index (χ1) is 15.6. The predicted octanol–water partition coefficient (Wildman–Crippen LogP) is 7.76. The Balaban J connectivity index is 1.66. The Labute approximate surface area is 201 Å². The van der Waals surface area contributed by atoms with Gasteiger partial charge in [-0.05, 0) is 29.8 Å². The van der Waals surface area contributed by atoms with Crippen LogP contribution in [0.25, 0.3) is 0 Å². The van der Waals surface area contributed by atoms with Gasteiger partial charge in [0.15, 0.2) is 0 Å². The molecule has 3 aromatic carbocycles. The summed E-state index contributed by atoms with van der Waals surface area (Å²) in [4.78, 5) is 16.5. The SMILES string of the molecule is O=[N+]([O-])c1cc(C=NOCc2ccc(Cl)cc2Cl)ccc1SCc1cccc(C(F)(F)F)c1. The Hall–Kier alpha value is -2.75. The highest BCUT2D eigenvalue weighted by atomic mass is 35.5. The summed E-state index contributed by atoms with van der Waals surface area (Å²) in [7, 11) is 0. The Kier molecular flexibility index (Phi) is 8.23. The normalized spacial score (nSPS) is 11.7. The number of hydrogen-bond acceptors (Lipinski definition) is 5. The largest absolute Gasteiger partial charge is 0.416 e. The molecule has 0 saturated carbocycles. The van der Waals surface area contributed by atoms with E-state index >= 15 is 0 Å². The lowest BCUT2D eigenvalue weighted by Gasteiger charge is -2.09. The molecule has 0 radical (unpaired) electrons. The Morgan fingerprint density at radius 1 is 1.09 bits per heavy atom. The van der Waals surface area contributed by atoms with Gasteiger partial charge in [-0.3, -0.25) is 10.1 Å². The summed E-state index contributed by atoms with van der Waals surface area (Å²) in [5.74, 6) is 0.142. The molecule has 0 saturated heterocycles. The summed E-state index contributed by atoms with van der Waals surface area (Å²) in [5, 5.41) is 16.2. The van der Waals surface area contributed by atoms with Gasteiger partial charge in [0.1, 0.15) is 6.61 Å². The number of nitro groups is 1. The van der Waals surface area contributed by atoms with Gasteiger partial charge in [-0.2, -0.15) is 13.2 Å². The average molecular weight is 515 g/mol. The second kappa shape index (κ2) is 10.9. The minimum atomic E-state index is -4.45. The smallest absolute Gasteiger partial charge is 0.391 e. The standard InChI is InChI=1S/C22H15Cl2F3N2O3S/c23-18-6-5-16(19(24)10-18)12-32-28-11-14-4-7-21(20(9-14)29(30)31)33-13-15-2-1-3-17(8-15)22(25,26)27/h1-11H,12-13H2. The van der Waals surface area contributed by atoms with Gasteiger partial charge in [0.25, 0.3) is 5.69 Å².